The fourth-order valence-corrected chi connectivity index (χ4v) is 2.49. The van der Waals surface area contributed by atoms with Crippen LogP contribution in [0.25, 0.3) is 0 Å². The molecule has 1 aromatic carbocycles. The van der Waals surface area contributed by atoms with Gasteiger partial charge in [-0.05, 0) is 37.8 Å². The molecule has 0 spiro atoms. The molecule has 3 N–H and O–H groups in total. The van der Waals surface area contributed by atoms with Gasteiger partial charge in [-0.3, -0.25) is 15.0 Å². The van der Waals surface area contributed by atoms with Gasteiger partial charge in [-0.25, -0.2) is 0 Å². The smallest absolute Gasteiger partial charge is 0.310 e. The molecule has 1 aromatic rings. The minimum absolute atomic E-state index is 0.135. The van der Waals surface area contributed by atoms with Gasteiger partial charge in [0.1, 0.15) is 6.61 Å². The highest BCUT2D eigenvalue weighted by molar-refractivity contribution is 5.99. The van der Waals surface area contributed by atoms with Crippen LogP contribution in [0.4, 0.5) is 0 Å². The summed E-state index contributed by atoms with van der Waals surface area (Å²) in [5.41, 5.74) is 0.948. The fraction of sp³-hybridized carbons (Fsp3) is 0.444. The van der Waals surface area contributed by atoms with Gasteiger partial charge in [-0.1, -0.05) is 30.3 Å². The van der Waals surface area contributed by atoms with E-state index in [2.05, 4.69) is 10.6 Å². The zero-order valence-corrected chi connectivity index (χ0v) is 13.7. The van der Waals surface area contributed by atoms with E-state index in [4.69, 9.17) is 10.1 Å². The first-order valence-corrected chi connectivity index (χ1v) is 8.30. The summed E-state index contributed by atoms with van der Waals surface area (Å²) in [5.74, 6) is -0.298. The third kappa shape index (κ3) is 6.50. The molecule has 6 heteroatoms. The molecule has 1 saturated heterocycles. The number of amides is 1. The van der Waals surface area contributed by atoms with E-state index >= 15 is 0 Å². The van der Waals surface area contributed by atoms with E-state index in [0.29, 0.717) is 19.3 Å². The number of carbonyl (C=O) groups excluding carboxylic acids is 2. The zero-order chi connectivity index (χ0) is 17.2. The molecule has 0 saturated carbocycles. The molecular formula is C18H24N3O3. The van der Waals surface area contributed by atoms with Crippen molar-refractivity contribution in [2.75, 3.05) is 6.54 Å². The van der Waals surface area contributed by atoms with E-state index in [9.17, 15) is 9.59 Å². The Labute approximate surface area is 142 Å². The summed E-state index contributed by atoms with van der Waals surface area (Å²) in [5, 5.41) is 13.5. The predicted molar refractivity (Wildman–Crippen MR) is 91.3 cm³/mol. The first-order valence-electron chi connectivity index (χ1n) is 8.30. The molecule has 1 aliphatic rings. The van der Waals surface area contributed by atoms with Crippen LogP contribution in [0.1, 0.15) is 37.7 Å². The Bertz CT molecular complexity index is 554. The molecular weight excluding hydrogens is 306 g/mol. The van der Waals surface area contributed by atoms with Crippen LogP contribution in [0.3, 0.4) is 0 Å². The molecule has 6 nitrogen and oxygen atoms in total. The van der Waals surface area contributed by atoms with Crippen molar-refractivity contribution in [2.45, 2.75) is 44.8 Å². The van der Waals surface area contributed by atoms with Crippen LogP contribution in [-0.2, 0) is 20.9 Å². The van der Waals surface area contributed by atoms with Crippen LogP contribution in [0.15, 0.2) is 30.3 Å². The molecule has 1 aliphatic heterocycles. The van der Waals surface area contributed by atoms with Crippen molar-refractivity contribution in [1.29, 1.82) is 5.41 Å². The second-order valence-corrected chi connectivity index (χ2v) is 5.81. The van der Waals surface area contributed by atoms with Gasteiger partial charge < -0.3 is 15.4 Å². The second kappa shape index (κ2) is 9.82. The predicted octanol–water partition coefficient (Wildman–Crippen LogP) is 1.95. The number of amidine groups is 1. The summed E-state index contributed by atoms with van der Waals surface area (Å²) >= 11 is 0. The zero-order valence-electron chi connectivity index (χ0n) is 13.7. The monoisotopic (exact) mass is 330 g/mol. The summed E-state index contributed by atoms with van der Waals surface area (Å²) < 4.78 is 5.14. The number of nitrogens with one attached hydrogen (secondary N) is 3. The number of hydrogen-bond donors (Lipinski definition) is 3. The van der Waals surface area contributed by atoms with E-state index in [1.807, 2.05) is 30.3 Å². The minimum Gasteiger partial charge on any atom is -0.461 e. The van der Waals surface area contributed by atoms with Crippen LogP contribution in [-0.4, -0.2) is 30.3 Å². The van der Waals surface area contributed by atoms with Crippen molar-refractivity contribution in [1.82, 2.24) is 10.6 Å². The minimum atomic E-state index is -0.357. The summed E-state index contributed by atoms with van der Waals surface area (Å²) in [6.07, 6.45) is 4.87. The van der Waals surface area contributed by atoms with Gasteiger partial charge in [0, 0.05) is 6.42 Å². The maximum Gasteiger partial charge on any atom is 0.310 e. The maximum atomic E-state index is 11.8. The van der Waals surface area contributed by atoms with Gasteiger partial charge in [-0.15, -0.1) is 0 Å². The Kier molecular flexibility index (Phi) is 7.42. The molecule has 0 bridgehead atoms. The molecule has 1 radical (unpaired) electrons. The van der Waals surface area contributed by atoms with Crippen LogP contribution in [0.2, 0.25) is 0 Å². The number of carbonyl (C=O) groups is 2. The van der Waals surface area contributed by atoms with Crippen LogP contribution in [0, 0.1) is 11.8 Å². The quantitative estimate of drug-likeness (QED) is 0.294. The Balaban J connectivity index is 1.52. The van der Waals surface area contributed by atoms with Crippen LogP contribution >= 0.6 is 0 Å². The lowest BCUT2D eigenvalue weighted by Crippen LogP contribution is -2.42. The van der Waals surface area contributed by atoms with Gasteiger partial charge in [0.25, 0.3) is 0 Å². The second-order valence-electron chi connectivity index (χ2n) is 5.81. The highest BCUT2D eigenvalue weighted by Gasteiger charge is 2.22. The summed E-state index contributed by atoms with van der Waals surface area (Å²) in [7, 11) is 0. The number of hydrogen-bond acceptors (Lipinski definition) is 5. The summed E-state index contributed by atoms with van der Waals surface area (Å²) in [4.78, 5) is 23.4. The number of esters is 1. The molecule has 1 fully saturated rings. The average molecular weight is 330 g/mol. The molecule has 24 heavy (non-hydrogen) atoms. The van der Waals surface area contributed by atoms with E-state index in [1.54, 1.807) is 0 Å². The van der Waals surface area contributed by atoms with Crippen molar-refractivity contribution in [3.05, 3.63) is 42.3 Å². The van der Waals surface area contributed by atoms with E-state index in [1.165, 1.54) is 6.42 Å². The fourth-order valence-electron chi connectivity index (χ4n) is 2.49. The van der Waals surface area contributed by atoms with Crippen LogP contribution < -0.4 is 10.6 Å². The molecule has 1 amide bonds. The van der Waals surface area contributed by atoms with Crippen molar-refractivity contribution in [3.63, 3.8) is 0 Å². The Morgan fingerprint density at radius 1 is 1.33 bits per heavy atom. The van der Waals surface area contributed by atoms with E-state index in [-0.39, 0.29) is 30.4 Å². The standard InChI is InChI=1S/C18H24N3O3/c19-16(21-18(23)15-9-6-12-20-15)10-4-5-11-17(22)24-13-14-7-2-1-3-8-14/h1-3,7-8,11,15,20H,4-6,9-10,12-13H2,(H2,19,21,23)/t15-/m0/s1. The van der Waals surface area contributed by atoms with Crippen molar-refractivity contribution < 1.29 is 14.3 Å². The highest BCUT2D eigenvalue weighted by Crippen LogP contribution is 2.06. The first-order chi connectivity index (χ1) is 11.6. The van der Waals surface area contributed by atoms with Crippen molar-refractivity contribution >= 4 is 17.7 Å². The van der Waals surface area contributed by atoms with Crippen molar-refractivity contribution in [2.24, 2.45) is 0 Å². The first kappa shape index (κ1) is 18.1. The Morgan fingerprint density at radius 3 is 2.83 bits per heavy atom. The third-order valence-electron chi connectivity index (χ3n) is 3.82. The van der Waals surface area contributed by atoms with Gasteiger partial charge in [0.05, 0.1) is 18.3 Å². The van der Waals surface area contributed by atoms with Crippen molar-refractivity contribution in [3.8, 4) is 0 Å². The molecule has 0 unspecified atom stereocenters. The van der Waals surface area contributed by atoms with E-state index in [0.717, 1.165) is 24.9 Å². The highest BCUT2D eigenvalue weighted by atomic mass is 16.5. The topological polar surface area (TPSA) is 91.3 Å². The SMILES string of the molecule is N=C(CCC[CH]C(=O)OCc1ccccc1)NC(=O)[C@@H]1CCCN1. The maximum absolute atomic E-state index is 11.8. The molecule has 129 valence electrons. The molecule has 0 aromatic heterocycles. The lowest BCUT2D eigenvalue weighted by molar-refractivity contribution is -0.141. The molecule has 1 atom stereocenters. The summed E-state index contributed by atoms with van der Waals surface area (Å²) in [6.45, 7) is 1.11. The van der Waals surface area contributed by atoms with Gasteiger partial charge in [0.15, 0.2) is 0 Å². The number of benzene rings is 1. The number of unbranched alkanes of at least 4 members (excludes halogenated alkanes) is 1. The van der Waals surface area contributed by atoms with Gasteiger partial charge in [0.2, 0.25) is 5.91 Å². The number of ether oxygens (including phenoxy) is 1. The Hall–Kier alpha value is -2.21. The average Bonchev–Trinajstić information content (AvgIpc) is 3.12. The normalized spacial score (nSPS) is 16.6. The molecule has 0 aliphatic carbocycles. The van der Waals surface area contributed by atoms with Crippen LogP contribution in [0.5, 0.6) is 0 Å². The largest absolute Gasteiger partial charge is 0.461 e. The molecule has 1 heterocycles. The van der Waals surface area contributed by atoms with Gasteiger partial charge >= 0.3 is 5.97 Å². The van der Waals surface area contributed by atoms with E-state index < -0.39 is 0 Å². The summed E-state index contributed by atoms with van der Waals surface area (Å²) in [6, 6.07) is 9.33. The number of rotatable bonds is 8. The lowest BCUT2D eigenvalue weighted by atomic mass is 10.1. The lowest BCUT2D eigenvalue weighted by Gasteiger charge is -2.11. The Morgan fingerprint density at radius 2 is 2.12 bits per heavy atom. The third-order valence-corrected chi connectivity index (χ3v) is 3.82. The molecule has 2 rings (SSSR count). The van der Waals surface area contributed by atoms with Gasteiger partial charge in [-0.2, -0.15) is 0 Å².